The average molecular weight is 559 g/mol. The molecule has 0 saturated carbocycles. The number of nitrogens with zero attached hydrogens (tertiary/aromatic N) is 3. The standard InChI is InChI=1S/C25H27BrN4O4S/c1-18-5-12-22(13-6-18)35(32,33)30(20-8-10-21(34-4)11-9-20)17-25(31)28-27-16-19-7-14-24(29(2)3)23(26)15-19/h5-16H,17H2,1-4H3,(H,28,31)/b27-16-. The van der Waals surface area contributed by atoms with Gasteiger partial charge in [0, 0.05) is 18.6 Å². The molecule has 0 radical (unpaired) electrons. The molecule has 0 saturated heterocycles. The maximum absolute atomic E-state index is 13.4. The van der Waals surface area contributed by atoms with Crippen LogP contribution in [0.15, 0.2) is 81.2 Å². The highest BCUT2D eigenvalue weighted by Crippen LogP contribution is 2.26. The van der Waals surface area contributed by atoms with Crippen LogP contribution in [0.3, 0.4) is 0 Å². The van der Waals surface area contributed by atoms with Gasteiger partial charge in [-0.15, -0.1) is 0 Å². The number of hydrogen-bond donors (Lipinski definition) is 1. The fraction of sp³-hybridized carbons (Fsp3) is 0.200. The molecule has 0 aliphatic rings. The molecule has 35 heavy (non-hydrogen) atoms. The van der Waals surface area contributed by atoms with Gasteiger partial charge in [0.15, 0.2) is 0 Å². The first-order valence-electron chi connectivity index (χ1n) is 10.6. The normalized spacial score (nSPS) is 11.3. The lowest BCUT2D eigenvalue weighted by atomic mass is 10.2. The predicted molar refractivity (Wildman–Crippen MR) is 143 cm³/mol. The van der Waals surface area contributed by atoms with Crippen LogP contribution in [-0.4, -0.2) is 48.3 Å². The van der Waals surface area contributed by atoms with Crippen LogP contribution in [0.1, 0.15) is 11.1 Å². The zero-order chi connectivity index (χ0) is 25.6. The van der Waals surface area contributed by atoms with Gasteiger partial charge in [0.2, 0.25) is 0 Å². The molecule has 0 aromatic heterocycles. The number of aryl methyl sites for hydroxylation is 1. The van der Waals surface area contributed by atoms with E-state index < -0.39 is 22.5 Å². The fourth-order valence-corrected chi connectivity index (χ4v) is 5.38. The van der Waals surface area contributed by atoms with Crippen LogP contribution in [0.25, 0.3) is 0 Å². The summed E-state index contributed by atoms with van der Waals surface area (Å²) in [6, 6.07) is 18.6. The molecule has 0 aliphatic carbocycles. The molecule has 3 rings (SSSR count). The molecule has 0 atom stereocenters. The highest BCUT2D eigenvalue weighted by Gasteiger charge is 2.27. The summed E-state index contributed by atoms with van der Waals surface area (Å²) in [6.07, 6.45) is 1.49. The predicted octanol–water partition coefficient (Wildman–Crippen LogP) is 4.18. The second-order valence-electron chi connectivity index (χ2n) is 7.92. The highest BCUT2D eigenvalue weighted by molar-refractivity contribution is 9.10. The summed E-state index contributed by atoms with van der Waals surface area (Å²) in [6.45, 7) is 1.42. The second-order valence-corrected chi connectivity index (χ2v) is 10.6. The largest absolute Gasteiger partial charge is 0.497 e. The minimum atomic E-state index is -4.01. The molecule has 1 N–H and O–H groups in total. The summed E-state index contributed by atoms with van der Waals surface area (Å²) < 4.78 is 33.9. The van der Waals surface area contributed by atoms with Gasteiger partial charge in [-0.2, -0.15) is 5.10 Å². The van der Waals surface area contributed by atoms with Crippen molar-refractivity contribution in [3.05, 3.63) is 82.3 Å². The van der Waals surface area contributed by atoms with Crippen LogP contribution in [-0.2, 0) is 14.8 Å². The summed E-state index contributed by atoms with van der Waals surface area (Å²) in [7, 11) is 1.38. The molecule has 1 amide bonds. The quantitative estimate of drug-likeness (QED) is 0.314. The number of halogens is 1. The van der Waals surface area contributed by atoms with Gasteiger partial charge < -0.3 is 9.64 Å². The van der Waals surface area contributed by atoms with Crippen molar-refractivity contribution in [1.29, 1.82) is 0 Å². The monoisotopic (exact) mass is 558 g/mol. The van der Waals surface area contributed by atoms with Crippen LogP contribution in [0.2, 0.25) is 0 Å². The van der Waals surface area contributed by atoms with E-state index in [0.29, 0.717) is 11.4 Å². The Morgan fingerprint density at radius 2 is 1.71 bits per heavy atom. The number of ether oxygens (including phenoxy) is 1. The Kier molecular flexibility index (Phi) is 8.52. The first-order valence-corrected chi connectivity index (χ1v) is 12.9. The summed E-state index contributed by atoms with van der Waals surface area (Å²) in [5, 5.41) is 4.00. The van der Waals surface area contributed by atoms with Crippen LogP contribution in [0, 0.1) is 6.92 Å². The van der Waals surface area contributed by atoms with Crippen molar-refractivity contribution in [3.8, 4) is 5.75 Å². The van der Waals surface area contributed by atoms with Crippen molar-refractivity contribution in [3.63, 3.8) is 0 Å². The average Bonchev–Trinajstić information content (AvgIpc) is 2.82. The minimum absolute atomic E-state index is 0.0843. The molecule has 3 aromatic carbocycles. The van der Waals surface area contributed by atoms with E-state index >= 15 is 0 Å². The first-order chi connectivity index (χ1) is 16.6. The maximum atomic E-state index is 13.4. The van der Waals surface area contributed by atoms with Crippen LogP contribution in [0.5, 0.6) is 5.75 Å². The Morgan fingerprint density at radius 1 is 1.06 bits per heavy atom. The van der Waals surface area contributed by atoms with Gasteiger partial charge >= 0.3 is 0 Å². The Balaban J connectivity index is 1.81. The molecular formula is C25H27BrN4O4S. The summed E-state index contributed by atoms with van der Waals surface area (Å²) >= 11 is 3.51. The molecule has 0 spiro atoms. The van der Waals surface area contributed by atoms with Crippen molar-refractivity contribution in [2.24, 2.45) is 5.10 Å². The highest BCUT2D eigenvalue weighted by atomic mass is 79.9. The lowest BCUT2D eigenvalue weighted by Gasteiger charge is -2.24. The van der Waals surface area contributed by atoms with E-state index in [9.17, 15) is 13.2 Å². The van der Waals surface area contributed by atoms with Crippen LogP contribution < -0.4 is 19.4 Å². The van der Waals surface area contributed by atoms with Crippen molar-refractivity contribution < 1.29 is 17.9 Å². The fourth-order valence-electron chi connectivity index (χ4n) is 3.21. The molecule has 0 unspecified atom stereocenters. The number of rotatable bonds is 9. The van der Waals surface area contributed by atoms with Crippen molar-refractivity contribution in [2.75, 3.05) is 37.0 Å². The number of sulfonamides is 1. The van der Waals surface area contributed by atoms with E-state index in [1.807, 2.05) is 44.1 Å². The molecule has 3 aromatic rings. The third-order valence-corrected chi connectivity index (χ3v) is 7.54. The van der Waals surface area contributed by atoms with Crippen molar-refractivity contribution >= 4 is 49.4 Å². The number of hydrazone groups is 1. The number of hydrogen-bond acceptors (Lipinski definition) is 6. The first kappa shape index (κ1) is 26.2. The molecule has 184 valence electrons. The van der Waals surface area contributed by atoms with Gasteiger partial charge in [-0.05, 0) is 76.9 Å². The SMILES string of the molecule is COc1ccc(N(CC(=O)N/N=C\c2ccc(N(C)C)c(Br)c2)S(=O)(=O)c2ccc(C)cc2)cc1. The number of anilines is 2. The summed E-state index contributed by atoms with van der Waals surface area (Å²) in [5.41, 5.74) is 5.44. The molecule has 0 bridgehead atoms. The Bertz CT molecular complexity index is 1310. The Labute approximate surface area is 214 Å². The zero-order valence-corrected chi connectivity index (χ0v) is 22.3. The third kappa shape index (κ3) is 6.61. The Morgan fingerprint density at radius 3 is 2.29 bits per heavy atom. The zero-order valence-electron chi connectivity index (χ0n) is 19.9. The molecular weight excluding hydrogens is 532 g/mol. The third-order valence-electron chi connectivity index (χ3n) is 5.11. The smallest absolute Gasteiger partial charge is 0.264 e. The van der Waals surface area contributed by atoms with Gasteiger partial charge in [0.1, 0.15) is 12.3 Å². The second kappa shape index (κ2) is 11.4. The van der Waals surface area contributed by atoms with E-state index in [-0.39, 0.29) is 4.90 Å². The molecule has 0 aliphatic heterocycles. The summed E-state index contributed by atoms with van der Waals surface area (Å²) in [4.78, 5) is 14.8. The number of carbonyl (C=O) groups is 1. The van der Waals surface area contributed by atoms with E-state index in [1.165, 1.54) is 25.5 Å². The van der Waals surface area contributed by atoms with Gasteiger partial charge in [0.05, 0.1) is 29.6 Å². The lowest BCUT2D eigenvalue weighted by molar-refractivity contribution is -0.119. The molecule has 0 heterocycles. The van der Waals surface area contributed by atoms with Crippen LogP contribution >= 0.6 is 15.9 Å². The van der Waals surface area contributed by atoms with Gasteiger partial charge in [-0.1, -0.05) is 23.8 Å². The van der Waals surface area contributed by atoms with Crippen molar-refractivity contribution in [2.45, 2.75) is 11.8 Å². The van der Waals surface area contributed by atoms with Crippen molar-refractivity contribution in [1.82, 2.24) is 5.43 Å². The number of amides is 1. The maximum Gasteiger partial charge on any atom is 0.264 e. The van der Waals surface area contributed by atoms with E-state index in [0.717, 1.165) is 25.6 Å². The summed E-state index contributed by atoms with van der Waals surface area (Å²) in [5.74, 6) is -0.0151. The van der Waals surface area contributed by atoms with Gasteiger partial charge in [-0.25, -0.2) is 13.8 Å². The lowest BCUT2D eigenvalue weighted by Crippen LogP contribution is -2.39. The van der Waals surface area contributed by atoms with E-state index in [1.54, 1.807) is 36.4 Å². The number of methoxy groups -OCH3 is 1. The molecule has 8 nitrogen and oxygen atoms in total. The molecule has 10 heteroatoms. The minimum Gasteiger partial charge on any atom is -0.497 e. The van der Waals surface area contributed by atoms with E-state index in [2.05, 4.69) is 26.5 Å². The van der Waals surface area contributed by atoms with E-state index in [4.69, 9.17) is 4.74 Å². The number of nitrogens with one attached hydrogen (secondary N) is 1. The van der Waals surface area contributed by atoms with Crippen LogP contribution in [0.4, 0.5) is 11.4 Å². The van der Waals surface area contributed by atoms with Gasteiger partial charge in [-0.3, -0.25) is 9.10 Å². The molecule has 0 fully saturated rings. The topological polar surface area (TPSA) is 91.3 Å². The number of benzene rings is 3. The Hall–Kier alpha value is -3.37. The number of carbonyl (C=O) groups excluding carboxylic acids is 1. The van der Waals surface area contributed by atoms with Gasteiger partial charge in [0.25, 0.3) is 15.9 Å².